The van der Waals surface area contributed by atoms with E-state index in [4.69, 9.17) is 5.73 Å². The van der Waals surface area contributed by atoms with Gasteiger partial charge in [0.2, 0.25) is 0 Å². The van der Waals surface area contributed by atoms with Crippen molar-refractivity contribution in [1.82, 2.24) is 5.43 Å². The first-order chi connectivity index (χ1) is 8.11. The molecular weight excluding hydrogens is 214 g/mol. The number of hydrazone groups is 1. The highest BCUT2D eigenvalue weighted by atomic mass is 16.2. The minimum absolute atomic E-state index is 0.296. The summed E-state index contributed by atoms with van der Waals surface area (Å²) < 4.78 is 0. The zero-order valence-corrected chi connectivity index (χ0v) is 9.90. The van der Waals surface area contributed by atoms with E-state index in [-0.39, 0.29) is 0 Å². The van der Waals surface area contributed by atoms with E-state index in [0.717, 1.165) is 5.57 Å². The first kappa shape index (κ1) is 11.4. The van der Waals surface area contributed by atoms with E-state index in [2.05, 4.69) is 36.5 Å². The third-order valence-electron chi connectivity index (χ3n) is 3.11. The molecule has 2 rings (SSSR count). The summed E-state index contributed by atoms with van der Waals surface area (Å²) in [7, 11) is 0. The first-order valence-corrected chi connectivity index (χ1v) is 5.50. The highest BCUT2D eigenvalue weighted by molar-refractivity contribution is 5.96. The van der Waals surface area contributed by atoms with E-state index in [1.807, 2.05) is 12.1 Å². The summed E-state index contributed by atoms with van der Waals surface area (Å²) in [6.45, 7) is 4.19. The molecule has 1 aliphatic carbocycles. The fourth-order valence-electron chi connectivity index (χ4n) is 2.24. The summed E-state index contributed by atoms with van der Waals surface area (Å²) in [5, 5.41) is 3.83. The Labute approximate surface area is 100 Å². The number of hydrogen-bond donors (Lipinski definition) is 2. The molecule has 4 nitrogen and oxygen atoms in total. The molecule has 4 heteroatoms. The lowest BCUT2D eigenvalue weighted by Crippen LogP contribution is -2.24. The van der Waals surface area contributed by atoms with E-state index in [1.165, 1.54) is 16.7 Å². The third-order valence-corrected chi connectivity index (χ3v) is 3.11. The molecule has 1 atom stereocenters. The average Bonchev–Trinajstić information content (AvgIpc) is 2.54. The number of hydrogen-bond acceptors (Lipinski definition) is 2. The number of nitrogens with one attached hydrogen (secondary N) is 1. The van der Waals surface area contributed by atoms with Gasteiger partial charge < -0.3 is 5.73 Å². The predicted molar refractivity (Wildman–Crippen MR) is 68.7 cm³/mol. The van der Waals surface area contributed by atoms with Crippen LogP contribution in [0.4, 0.5) is 4.79 Å². The maximum atomic E-state index is 10.5. The lowest BCUT2D eigenvalue weighted by atomic mass is 9.99. The molecule has 0 saturated carbocycles. The van der Waals surface area contributed by atoms with Gasteiger partial charge in [-0.2, -0.15) is 5.10 Å². The Bertz CT molecular complexity index is 517. The molecule has 0 unspecified atom stereocenters. The zero-order chi connectivity index (χ0) is 12.4. The van der Waals surface area contributed by atoms with Gasteiger partial charge in [0, 0.05) is 5.92 Å². The van der Waals surface area contributed by atoms with Crippen LogP contribution in [0.2, 0.25) is 0 Å². The van der Waals surface area contributed by atoms with Gasteiger partial charge in [-0.3, -0.25) is 0 Å². The third kappa shape index (κ3) is 2.06. The van der Waals surface area contributed by atoms with E-state index in [1.54, 1.807) is 6.21 Å². The minimum Gasteiger partial charge on any atom is -0.350 e. The normalized spacial score (nSPS) is 18.6. The van der Waals surface area contributed by atoms with Crippen LogP contribution < -0.4 is 11.2 Å². The molecule has 1 aromatic carbocycles. The van der Waals surface area contributed by atoms with Gasteiger partial charge in [0.25, 0.3) is 0 Å². The van der Waals surface area contributed by atoms with E-state index in [9.17, 15) is 4.79 Å². The van der Waals surface area contributed by atoms with E-state index < -0.39 is 6.03 Å². The van der Waals surface area contributed by atoms with Crippen LogP contribution in [0.5, 0.6) is 0 Å². The first-order valence-electron chi connectivity index (χ1n) is 5.50. The maximum Gasteiger partial charge on any atom is 0.332 e. The monoisotopic (exact) mass is 229 g/mol. The number of amides is 2. The van der Waals surface area contributed by atoms with Gasteiger partial charge in [0.15, 0.2) is 0 Å². The number of rotatable bonds is 2. The fraction of sp³-hybridized carbons (Fsp3) is 0.231. The zero-order valence-electron chi connectivity index (χ0n) is 9.90. The molecule has 17 heavy (non-hydrogen) atoms. The number of carbonyl (C=O) groups excluding carboxylic acids is 1. The van der Waals surface area contributed by atoms with Crippen molar-refractivity contribution in [3.8, 4) is 0 Å². The molecule has 0 saturated heterocycles. The number of fused-ring (bicyclic) bond motifs is 1. The van der Waals surface area contributed by atoms with Gasteiger partial charge in [-0.15, -0.1) is 0 Å². The Morgan fingerprint density at radius 2 is 2.18 bits per heavy atom. The van der Waals surface area contributed by atoms with Crippen LogP contribution in [-0.4, -0.2) is 12.2 Å². The highest BCUT2D eigenvalue weighted by Gasteiger charge is 2.23. The number of allylic oxidation sites excluding steroid dienone is 2. The van der Waals surface area contributed by atoms with Crippen molar-refractivity contribution in [2.75, 3.05) is 0 Å². The standard InChI is InChI=1S/C13H15N3O/c1-8-10-5-3-4-6-11(10)9(2)12(8)7-15-16-13(14)17/h3-8H,1-2H3,(H3,14,16,17)/b15-7+/t8-/m1/s1. The lowest BCUT2D eigenvalue weighted by molar-refractivity contribution is 0.249. The number of urea groups is 1. The second-order valence-electron chi connectivity index (χ2n) is 4.12. The van der Waals surface area contributed by atoms with Crippen LogP contribution >= 0.6 is 0 Å². The van der Waals surface area contributed by atoms with Crippen molar-refractivity contribution >= 4 is 17.8 Å². The minimum atomic E-state index is -0.650. The SMILES string of the molecule is CC1=C(/C=N/NC(N)=O)[C@H](C)c2ccccc21. The largest absolute Gasteiger partial charge is 0.350 e. The Morgan fingerprint density at radius 3 is 2.82 bits per heavy atom. The quantitative estimate of drug-likeness (QED) is 0.592. The maximum absolute atomic E-state index is 10.5. The smallest absolute Gasteiger partial charge is 0.332 e. The summed E-state index contributed by atoms with van der Waals surface area (Å²) in [6.07, 6.45) is 1.67. The molecular formula is C13H15N3O. The van der Waals surface area contributed by atoms with Crippen LogP contribution in [-0.2, 0) is 0 Å². The number of nitrogens with two attached hydrogens (primary N) is 1. The molecule has 0 aromatic heterocycles. The van der Waals surface area contributed by atoms with Gasteiger partial charge >= 0.3 is 6.03 Å². The Morgan fingerprint density at radius 1 is 1.47 bits per heavy atom. The van der Waals surface area contributed by atoms with Crippen LogP contribution in [0, 0.1) is 0 Å². The number of carbonyl (C=O) groups is 1. The fourth-order valence-corrected chi connectivity index (χ4v) is 2.24. The van der Waals surface area contributed by atoms with Gasteiger partial charge in [0.1, 0.15) is 0 Å². The van der Waals surface area contributed by atoms with Gasteiger partial charge in [0.05, 0.1) is 6.21 Å². The summed E-state index contributed by atoms with van der Waals surface area (Å²) in [6, 6.07) is 7.62. The Hall–Kier alpha value is -2.10. The van der Waals surface area contributed by atoms with Crippen molar-refractivity contribution in [3.05, 3.63) is 41.0 Å². The molecule has 88 valence electrons. The Kier molecular flexibility index (Phi) is 2.95. The summed E-state index contributed by atoms with van der Waals surface area (Å²) in [5.74, 6) is 0.296. The van der Waals surface area contributed by atoms with E-state index >= 15 is 0 Å². The van der Waals surface area contributed by atoms with Crippen molar-refractivity contribution < 1.29 is 4.79 Å². The van der Waals surface area contributed by atoms with Crippen LogP contribution in [0.15, 0.2) is 34.9 Å². The molecule has 2 amide bonds. The summed E-state index contributed by atoms with van der Waals surface area (Å²) >= 11 is 0. The van der Waals surface area contributed by atoms with Crippen molar-refractivity contribution in [2.24, 2.45) is 10.8 Å². The van der Waals surface area contributed by atoms with Crippen molar-refractivity contribution in [2.45, 2.75) is 19.8 Å². The van der Waals surface area contributed by atoms with Gasteiger partial charge in [-0.05, 0) is 29.2 Å². The van der Waals surface area contributed by atoms with Crippen LogP contribution in [0.1, 0.15) is 30.9 Å². The summed E-state index contributed by atoms with van der Waals surface area (Å²) in [5.41, 5.74) is 12.0. The Balaban J connectivity index is 2.29. The second kappa shape index (κ2) is 4.41. The number of benzene rings is 1. The molecule has 0 aliphatic heterocycles. The number of primary amides is 1. The molecule has 0 fully saturated rings. The molecule has 0 heterocycles. The molecule has 3 N–H and O–H groups in total. The van der Waals surface area contributed by atoms with E-state index in [0.29, 0.717) is 5.92 Å². The molecule has 0 radical (unpaired) electrons. The molecule has 1 aromatic rings. The number of nitrogens with zero attached hydrogens (tertiary/aromatic N) is 1. The van der Waals surface area contributed by atoms with Crippen molar-refractivity contribution in [1.29, 1.82) is 0 Å². The topological polar surface area (TPSA) is 67.5 Å². The molecule has 0 spiro atoms. The highest BCUT2D eigenvalue weighted by Crippen LogP contribution is 2.40. The van der Waals surface area contributed by atoms with Gasteiger partial charge in [-0.25, -0.2) is 10.2 Å². The van der Waals surface area contributed by atoms with Crippen LogP contribution in [0.3, 0.4) is 0 Å². The lowest BCUT2D eigenvalue weighted by Gasteiger charge is -2.06. The molecule has 0 bridgehead atoms. The summed E-state index contributed by atoms with van der Waals surface area (Å²) in [4.78, 5) is 10.5. The molecule has 1 aliphatic rings. The second-order valence-corrected chi connectivity index (χ2v) is 4.12. The average molecular weight is 229 g/mol. The predicted octanol–water partition coefficient (Wildman–Crippen LogP) is 2.23. The van der Waals surface area contributed by atoms with Crippen molar-refractivity contribution in [3.63, 3.8) is 0 Å². The van der Waals surface area contributed by atoms with Gasteiger partial charge in [-0.1, -0.05) is 31.2 Å². The van der Waals surface area contributed by atoms with Crippen LogP contribution in [0.25, 0.3) is 5.57 Å².